The van der Waals surface area contributed by atoms with Crippen LogP contribution in [0.1, 0.15) is 42.6 Å². The molecule has 31 heavy (non-hydrogen) atoms. The van der Waals surface area contributed by atoms with E-state index in [4.69, 9.17) is 11.6 Å². The molecule has 0 aliphatic carbocycles. The highest BCUT2D eigenvalue weighted by Crippen LogP contribution is 2.19. The summed E-state index contributed by atoms with van der Waals surface area (Å²) in [5.41, 5.74) is 0.900. The Hall–Kier alpha value is -2.00. The SMILES string of the molecule is CC(C)NS(=O)(=O)c1ccc(F)c(C(=O)NC2CCN(Cc3ccc(Cl)cc3)CC2)c1. The van der Waals surface area contributed by atoms with Gasteiger partial charge in [0.2, 0.25) is 10.0 Å². The van der Waals surface area contributed by atoms with E-state index in [1.54, 1.807) is 13.8 Å². The topological polar surface area (TPSA) is 78.5 Å². The molecule has 0 saturated carbocycles. The maximum atomic E-state index is 14.3. The van der Waals surface area contributed by atoms with Gasteiger partial charge in [-0.2, -0.15) is 0 Å². The smallest absolute Gasteiger partial charge is 0.254 e. The zero-order valence-corrected chi connectivity index (χ0v) is 19.1. The van der Waals surface area contributed by atoms with Crippen molar-refractivity contribution in [1.82, 2.24) is 14.9 Å². The van der Waals surface area contributed by atoms with Crippen LogP contribution in [0.4, 0.5) is 4.39 Å². The molecular formula is C22H27ClFN3O3S. The van der Waals surface area contributed by atoms with Gasteiger partial charge in [0.25, 0.3) is 5.91 Å². The van der Waals surface area contributed by atoms with Crippen molar-refractivity contribution in [3.05, 3.63) is 64.4 Å². The van der Waals surface area contributed by atoms with Crippen LogP contribution in [0.5, 0.6) is 0 Å². The van der Waals surface area contributed by atoms with Gasteiger partial charge in [0.15, 0.2) is 0 Å². The predicted octanol–water partition coefficient (Wildman–Crippen LogP) is 3.56. The molecule has 1 aliphatic rings. The summed E-state index contributed by atoms with van der Waals surface area (Å²) in [5, 5.41) is 3.55. The molecule has 2 aromatic rings. The minimum absolute atomic E-state index is 0.0950. The summed E-state index contributed by atoms with van der Waals surface area (Å²) in [6.45, 7) is 5.77. The molecule has 6 nitrogen and oxygen atoms in total. The van der Waals surface area contributed by atoms with Gasteiger partial charge in [0.05, 0.1) is 10.5 Å². The fraction of sp³-hybridized carbons (Fsp3) is 0.409. The third-order valence-electron chi connectivity index (χ3n) is 5.13. The van der Waals surface area contributed by atoms with Crippen molar-refractivity contribution in [3.8, 4) is 0 Å². The molecule has 2 aromatic carbocycles. The van der Waals surface area contributed by atoms with Crippen molar-refractivity contribution in [3.63, 3.8) is 0 Å². The summed E-state index contributed by atoms with van der Waals surface area (Å²) < 4.78 is 41.4. The second-order valence-corrected chi connectivity index (χ2v) is 10.2. The van der Waals surface area contributed by atoms with Gasteiger partial charge >= 0.3 is 0 Å². The lowest BCUT2D eigenvalue weighted by molar-refractivity contribution is 0.0904. The van der Waals surface area contributed by atoms with Crippen molar-refractivity contribution in [2.75, 3.05) is 13.1 Å². The summed E-state index contributed by atoms with van der Waals surface area (Å²) in [6.07, 6.45) is 1.46. The molecule has 0 atom stereocenters. The van der Waals surface area contributed by atoms with Crippen LogP contribution in [-0.2, 0) is 16.6 Å². The number of benzene rings is 2. The molecule has 168 valence electrons. The van der Waals surface area contributed by atoms with Crippen molar-refractivity contribution in [1.29, 1.82) is 0 Å². The fourth-order valence-corrected chi connectivity index (χ4v) is 4.97. The quantitative estimate of drug-likeness (QED) is 0.652. The van der Waals surface area contributed by atoms with Gasteiger partial charge in [-0.3, -0.25) is 9.69 Å². The highest BCUT2D eigenvalue weighted by molar-refractivity contribution is 7.89. The van der Waals surface area contributed by atoms with Crippen LogP contribution in [0, 0.1) is 5.82 Å². The average Bonchev–Trinajstić information content (AvgIpc) is 2.70. The van der Waals surface area contributed by atoms with Gasteiger partial charge in [0.1, 0.15) is 5.82 Å². The monoisotopic (exact) mass is 467 g/mol. The molecule has 1 heterocycles. The lowest BCUT2D eigenvalue weighted by Gasteiger charge is -2.32. The van der Waals surface area contributed by atoms with Crippen molar-refractivity contribution in [2.24, 2.45) is 0 Å². The first-order valence-corrected chi connectivity index (χ1v) is 12.1. The molecule has 1 saturated heterocycles. The molecule has 2 N–H and O–H groups in total. The number of hydrogen-bond donors (Lipinski definition) is 2. The summed E-state index contributed by atoms with van der Waals surface area (Å²) in [7, 11) is -3.82. The van der Waals surface area contributed by atoms with Crippen LogP contribution in [-0.4, -0.2) is 44.4 Å². The maximum absolute atomic E-state index is 14.3. The number of hydrogen-bond acceptors (Lipinski definition) is 4. The zero-order valence-electron chi connectivity index (χ0n) is 17.6. The Morgan fingerprint density at radius 2 is 1.81 bits per heavy atom. The third-order valence-corrected chi connectivity index (χ3v) is 7.03. The molecule has 0 spiro atoms. The zero-order chi connectivity index (χ0) is 22.6. The van der Waals surface area contributed by atoms with Crippen LogP contribution >= 0.6 is 11.6 Å². The van der Waals surface area contributed by atoms with Crippen LogP contribution in [0.3, 0.4) is 0 Å². The molecule has 0 unspecified atom stereocenters. The van der Waals surface area contributed by atoms with Gasteiger partial charge < -0.3 is 5.32 Å². The van der Waals surface area contributed by atoms with Crippen LogP contribution < -0.4 is 10.0 Å². The van der Waals surface area contributed by atoms with Crippen molar-refractivity contribution in [2.45, 2.75) is 50.2 Å². The van der Waals surface area contributed by atoms with Crippen LogP contribution in [0.2, 0.25) is 5.02 Å². The highest BCUT2D eigenvalue weighted by atomic mass is 35.5. The number of nitrogens with zero attached hydrogens (tertiary/aromatic N) is 1. The number of halogens is 2. The summed E-state index contributed by atoms with van der Waals surface area (Å²) in [5.74, 6) is -1.35. The van der Waals surface area contributed by atoms with Gasteiger partial charge in [-0.05, 0) is 62.6 Å². The second kappa shape index (κ2) is 10.1. The number of piperidine rings is 1. The number of likely N-dealkylation sites (tertiary alicyclic amines) is 1. The number of nitrogens with one attached hydrogen (secondary N) is 2. The number of amides is 1. The molecule has 0 bridgehead atoms. The second-order valence-electron chi connectivity index (χ2n) is 8.07. The summed E-state index contributed by atoms with van der Waals surface area (Å²) in [6, 6.07) is 10.6. The lowest BCUT2D eigenvalue weighted by Crippen LogP contribution is -2.44. The number of carbonyl (C=O) groups is 1. The predicted molar refractivity (Wildman–Crippen MR) is 119 cm³/mol. The first-order chi connectivity index (χ1) is 14.6. The standard InChI is InChI=1S/C22H27ClFN3O3S/c1-15(2)26-31(29,30)19-7-8-21(24)20(13-19)22(28)25-18-9-11-27(12-10-18)14-16-3-5-17(23)6-4-16/h3-8,13,15,18,26H,9-12,14H2,1-2H3,(H,25,28). The van der Waals surface area contributed by atoms with E-state index in [2.05, 4.69) is 14.9 Å². The first kappa shape index (κ1) is 23.7. The van der Waals surface area contributed by atoms with Crippen molar-refractivity contribution >= 4 is 27.5 Å². The van der Waals surface area contributed by atoms with E-state index in [0.29, 0.717) is 5.02 Å². The average molecular weight is 468 g/mol. The van der Waals surface area contributed by atoms with E-state index in [-0.39, 0.29) is 22.5 Å². The van der Waals surface area contributed by atoms with Gasteiger partial charge in [-0.15, -0.1) is 0 Å². The lowest BCUT2D eigenvalue weighted by atomic mass is 10.0. The van der Waals surface area contributed by atoms with E-state index in [1.807, 2.05) is 24.3 Å². The molecule has 0 radical (unpaired) electrons. The molecule has 1 amide bonds. The largest absolute Gasteiger partial charge is 0.349 e. The molecule has 0 aromatic heterocycles. The minimum Gasteiger partial charge on any atom is -0.349 e. The molecular weight excluding hydrogens is 441 g/mol. The number of rotatable bonds is 7. The first-order valence-electron chi connectivity index (χ1n) is 10.2. The van der Waals surface area contributed by atoms with E-state index in [1.165, 1.54) is 5.56 Å². The van der Waals surface area contributed by atoms with Crippen molar-refractivity contribution < 1.29 is 17.6 Å². The molecule has 3 rings (SSSR count). The van der Waals surface area contributed by atoms with Crippen LogP contribution in [0.15, 0.2) is 47.4 Å². The minimum atomic E-state index is -3.82. The summed E-state index contributed by atoms with van der Waals surface area (Å²) >= 11 is 5.92. The van der Waals surface area contributed by atoms with E-state index < -0.39 is 21.7 Å². The highest BCUT2D eigenvalue weighted by Gasteiger charge is 2.24. The van der Waals surface area contributed by atoms with E-state index in [9.17, 15) is 17.6 Å². The van der Waals surface area contributed by atoms with Crippen LogP contribution in [0.25, 0.3) is 0 Å². The molecule has 9 heteroatoms. The molecule has 1 aliphatic heterocycles. The number of sulfonamides is 1. The Balaban J connectivity index is 1.59. The third kappa shape index (κ3) is 6.49. The Bertz CT molecular complexity index is 1020. The number of carbonyl (C=O) groups excluding carboxylic acids is 1. The van der Waals surface area contributed by atoms with Gasteiger partial charge in [-0.25, -0.2) is 17.5 Å². The normalized spacial score (nSPS) is 15.9. The Kier molecular flexibility index (Phi) is 7.69. The molecule has 1 fully saturated rings. The Morgan fingerprint density at radius 3 is 2.42 bits per heavy atom. The van der Waals surface area contributed by atoms with Gasteiger partial charge in [-0.1, -0.05) is 23.7 Å². The summed E-state index contributed by atoms with van der Waals surface area (Å²) in [4.78, 5) is 14.8. The van der Waals surface area contributed by atoms with Gasteiger partial charge in [0, 0.05) is 36.7 Å². The van der Waals surface area contributed by atoms with E-state index in [0.717, 1.165) is 50.7 Å². The Morgan fingerprint density at radius 1 is 1.16 bits per heavy atom. The maximum Gasteiger partial charge on any atom is 0.254 e. The van der Waals surface area contributed by atoms with E-state index >= 15 is 0 Å². The Labute approximate surface area is 187 Å². The fourth-order valence-electron chi connectivity index (χ4n) is 3.57.